The average molecular weight is 617 g/mol. The van der Waals surface area contributed by atoms with Crippen LogP contribution in [0.15, 0.2) is 144 Å². The lowest BCUT2D eigenvalue weighted by atomic mass is 10.1. The summed E-state index contributed by atoms with van der Waals surface area (Å²) in [6, 6.07) is 42.7. The molecule has 6 heteroatoms. The quantitative estimate of drug-likeness (QED) is 0.186. The van der Waals surface area contributed by atoms with Gasteiger partial charge in [0.05, 0.1) is 12.2 Å². The molecule has 7 rings (SSSR count). The molecule has 0 N–H and O–H groups in total. The third kappa shape index (κ3) is 4.20. The normalized spacial score (nSPS) is 14.9. The van der Waals surface area contributed by atoms with Crippen molar-refractivity contribution in [3.05, 3.63) is 155 Å². The van der Waals surface area contributed by atoms with E-state index < -0.39 is 13.2 Å². The standard InChI is InChI=1S/C35H26BrN2O2P/c36-29-20-12-22-31-33(29)34(35(39)38(31)23-25-13-4-1-5-14-25)37-24-32(28-19-10-11-21-30(28)37)41(40,26-15-6-2-7-16-26)27-17-8-3-9-18-27/h1-22,24,34H,23H2. The fourth-order valence-electron chi connectivity index (χ4n) is 5.96. The van der Waals surface area contributed by atoms with Crippen molar-refractivity contribution in [2.45, 2.75) is 12.6 Å². The number of nitrogens with zero attached hydrogens (tertiary/aromatic N) is 2. The number of benzene rings is 5. The van der Waals surface area contributed by atoms with Crippen molar-refractivity contribution in [2.24, 2.45) is 0 Å². The van der Waals surface area contributed by atoms with Gasteiger partial charge in [0.25, 0.3) is 5.91 Å². The molecule has 200 valence electrons. The van der Waals surface area contributed by atoms with Crippen LogP contribution in [0.5, 0.6) is 0 Å². The number of rotatable bonds is 6. The van der Waals surface area contributed by atoms with Gasteiger partial charge in [0, 0.05) is 43.0 Å². The van der Waals surface area contributed by atoms with E-state index in [2.05, 4.69) is 15.9 Å². The molecule has 1 amide bonds. The molecule has 5 aromatic carbocycles. The minimum atomic E-state index is -3.28. The number of hydrogen-bond donors (Lipinski definition) is 0. The van der Waals surface area contributed by atoms with Crippen LogP contribution < -0.4 is 20.8 Å². The highest BCUT2D eigenvalue weighted by Crippen LogP contribution is 2.48. The van der Waals surface area contributed by atoms with E-state index in [1.165, 1.54) is 0 Å². The second-order valence-electron chi connectivity index (χ2n) is 10.2. The molecule has 0 fully saturated rings. The van der Waals surface area contributed by atoms with Gasteiger partial charge in [-0.25, -0.2) is 0 Å². The van der Waals surface area contributed by atoms with Gasteiger partial charge in [0.15, 0.2) is 7.14 Å². The molecule has 6 aromatic rings. The number of fused-ring (bicyclic) bond motifs is 2. The number of carbonyl (C=O) groups is 1. The molecule has 1 aromatic heterocycles. The molecule has 0 spiro atoms. The van der Waals surface area contributed by atoms with Crippen LogP contribution in [-0.4, -0.2) is 10.5 Å². The highest BCUT2D eigenvalue weighted by atomic mass is 79.9. The van der Waals surface area contributed by atoms with Crippen LogP contribution in [0, 0.1) is 0 Å². The van der Waals surface area contributed by atoms with E-state index in [0.29, 0.717) is 6.54 Å². The van der Waals surface area contributed by atoms with Crippen molar-refractivity contribution in [1.29, 1.82) is 0 Å². The summed E-state index contributed by atoms with van der Waals surface area (Å²) >= 11 is 3.76. The minimum absolute atomic E-state index is 0.0164. The summed E-state index contributed by atoms with van der Waals surface area (Å²) in [5.74, 6) is -0.0164. The summed E-state index contributed by atoms with van der Waals surface area (Å²) in [6.45, 7) is 0.470. The smallest absolute Gasteiger partial charge is 0.255 e. The number of amides is 1. The Labute approximate surface area is 247 Å². The molecular formula is C35H26BrN2O2P. The summed E-state index contributed by atoms with van der Waals surface area (Å²) < 4.78 is 18.3. The Hall–Kier alpha value is -4.18. The summed E-state index contributed by atoms with van der Waals surface area (Å²) in [4.78, 5) is 16.2. The maximum atomic E-state index is 15.4. The van der Waals surface area contributed by atoms with Crippen LogP contribution in [0.4, 0.5) is 5.69 Å². The molecule has 1 aliphatic rings. The molecule has 41 heavy (non-hydrogen) atoms. The molecular weight excluding hydrogens is 591 g/mol. The monoisotopic (exact) mass is 616 g/mol. The van der Waals surface area contributed by atoms with E-state index >= 15 is 4.57 Å². The fraction of sp³-hybridized carbons (Fsp3) is 0.0571. The first-order chi connectivity index (χ1) is 20.1. The summed E-state index contributed by atoms with van der Waals surface area (Å²) in [5, 5.41) is 3.14. The second kappa shape index (κ2) is 10.3. The number of para-hydroxylation sites is 1. The number of anilines is 1. The first-order valence-electron chi connectivity index (χ1n) is 13.5. The maximum absolute atomic E-state index is 15.4. The van der Waals surface area contributed by atoms with Gasteiger partial charge in [-0.3, -0.25) is 4.79 Å². The molecule has 0 saturated carbocycles. The highest BCUT2D eigenvalue weighted by Gasteiger charge is 2.42. The SMILES string of the molecule is O=C1C(n2cc(P(=O)(c3ccccc3)c3ccccc3)c3ccccc32)c2c(Br)cccc2N1Cc1ccccc1. The van der Waals surface area contributed by atoms with Gasteiger partial charge in [0.2, 0.25) is 0 Å². The Morgan fingerprint density at radius 1 is 0.683 bits per heavy atom. The zero-order chi connectivity index (χ0) is 28.0. The van der Waals surface area contributed by atoms with Crippen LogP contribution in [-0.2, 0) is 15.9 Å². The maximum Gasteiger partial charge on any atom is 0.255 e. The highest BCUT2D eigenvalue weighted by molar-refractivity contribution is 9.10. The van der Waals surface area contributed by atoms with E-state index in [-0.39, 0.29) is 5.91 Å². The topological polar surface area (TPSA) is 42.3 Å². The summed E-state index contributed by atoms with van der Waals surface area (Å²) in [7, 11) is -3.28. The Morgan fingerprint density at radius 3 is 1.93 bits per heavy atom. The lowest BCUT2D eigenvalue weighted by molar-refractivity contribution is -0.119. The Balaban J connectivity index is 1.46. The van der Waals surface area contributed by atoms with E-state index in [1.54, 1.807) is 0 Å². The number of hydrogen-bond acceptors (Lipinski definition) is 2. The summed E-state index contributed by atoms with van der Waals surface area (Å²) in [5.41, 5.74) is 3.72. The number of aromatic nitrogens is 1. The predicted molar refractivity (Wildman–Crippen MR) is 171 cm³/mol. The van der Waals surface area contributed by atoms with Gasteiger partial charge in [0.1, 0.15) is 6.04 Å². The van der Waals surface area contributed by atoms with Crippen molar-refractivity contribution in [2.75, 3.05) is 4.90 Å². The molecule has 0 saturated heterocycles. The van der Waals surface area contributed by atoms with Crippen molar-refractivity contribution in [3.8, 4) is 0 Å². The first-order valence-corrected chi connectivity index (χ1v) is 16.0. The lowest BCUT2D eigenvalue weighted by Crippen LogP contribution is -2.31. The van der Waals surface area contributed by atoms with Gasteiger partial charge in [-0.15, -0.1) is 0 Å². The molecule has 0 bridgehead atoms. The first kappa shape index (κ1) is 25.8. The average Bonchev–Trinajstić information content (AvgIpc) is 3.54. The Kier molecular flexibility index (Phi) is 6.50. The molecule has 4 nitrogen and oxygen atoms in total. The second-order valence-corrected chi connectivity index (χ2v) is 13.8. The van der Waals surface area contributed by atoms with Crippen molar-refractivity contribution in [1.82, 2.24) is 4.57 Å². The van der Waals surface area contributed by atoms with E-state index in [4.69, 9.17) is 0 Å². The van der Waals surface area contributed by atoms with Gasteiger partial charge >= 0.3 is 0 Å². The third-order valence-electron chi connectivity index (χ3n) is 7.85. The molecule has 0 radical (unpaired) electrons. The number of halogens is 1. The predicted octanol–water partition coefficient (Wildman–Crippen LogP) is 7.18. The van der Waals surface area contributed by atoms with Crippen LogP contribution in [0.1, 0.15) is 17.2 Å². The third-order valence-corrected chi connectivity index (χ3v) is 11.6. The molecule has 1 atom stereocenters. The van der Waals surface area contributed by atoms with Crippen LogP contribution in [0.3, 0.4) is 0 Å². The zero-order valence-electron chi connectivity index (χ0n) is 22.1. The fourth-order valence-corrected chi connectivity index (χ4v) is 9.39. The van der Waals surface area contributed by atoms with E-state index in [9.17, 15) is 4.79 Å². The van der Waals surface area contributed by atoms with Crippen LogP contribution >= 0.6 is 23.1 Å². The van der Waals surface area contributed by atoms with E-state index in [0.717, 1.165) is 48.1 Å². The van der Waals surface area contributed by atoms with Crippen molar-refractivity contribution in [3.63, 3.8) is 0 Å². The van der Waals surface area contributed by atoms with Crippen LogP contribution in [0.2, 0.25) is 0 Å². The zero-order valence-corrected chi connectivity index (χ0v) is 24.6. The van der Waals surface area contributed by atoms with Crippen LogP contribution in [0.25, 0.3) is 10.9 Å². The molecule has 0 aliphatic carbocycles. The van der Waals surface area contributed by atoms with Crippen molar-refractivity contribution >= 4 is 61.5 Å². The largest absolute Gasteiger partial charge is 0.330 e. The van der Waals surface area contributed by atoms with Gasteiger partial charge in [-0.2, -0.15) is 0 Å². The van der Waals surface area contributed by atoms with Crippen molar-refractivity contribution < 1.29 is 9.36 Å². The molecule has 1 aliphatic heterocycles. The van der Waals surface area contributed by atoms with Gasteiger partial charge < -0.3 is 14.0 Å². The molecule has 1 unspecified atom stereocenters. The summed E-state index contributed by atoms with van der Waals surface area (Å²) in [6.07, 6.45) is 1.96. The van der Waals surface area contributed by atoms with Gasteiger partial charge in [-0.1, -0.05) is 131 Å². The van der Waals surface area contributed by atoms with E-state index in [1.807, 2.05) is 149 Å². The van der Waals surface area contributed by atoms with Gasteiger partial charge in [-0.05, 0) is 23.8 Å². The lowest BCUT2D eigenvalue weighted by Gasteiger charge is -2.20. The Bertz CT molecular complexity index is 1890. The Morgan fingerprint density at radius 2 is 1.27 bits per heavy atom. The number of carbonyl (C=O) groups excluding carboxylic acids is 1. The molecule has 2 heterocycles. The minimum Gasteiger partial charge on any atom is -0.330 e.